The minimum atomic E-state index is -1.14. The first-order valence-corrected chi connectivity index (χ1v) is 11.4. The average Bonchev–Trinajstić information content (AvgIpc) is 3.29. The third-order valence-corrected chi connectivity index (χ3v) is 6.11. The normalized spacial score (nSPS) is 17.6. The number of piperidine rings is 1. The monoisotopic (exact) mass is 507 g/mol. The summed E-state index contributed by atoms with van der Waals surface area (Å²) < 4.78 is 15.4. The number of aromatic nitrogens is 8. The van der Waals surface area contributed by atoms with Crippen LogP contribution in [-0.2, 0) is 13.1 Å². The number of rotatable bonds is 7. The Morgan fingerprint density at radius 2 is 1.38 bits per heavy atom. The van der Waals surface area contributed by atoms with Crippen molar-refractivity contribution in [2.45, 2.75) is 19.5 Å². The van der Waals surface area contributed by atoms with Crippen LogP contribution in [0.25, 0.3) is 0 Å². The lowest BCUT2D eigenvalue weighted by atomic mass is 10.2. The van der Waals surface area contributed by atoms with Crippen LogP contribution in [0.1, 0.15) is 38.5 Å². The van der Waals surface area contributed by atoms with Crippen molar-refractivity contribution < 1.29 is 24.2 Å². The number of hydrogen-bond donors (Lipinski definition) is 2. The summed E-state index contributed by atoms with van der Waals surface area (Å²) in [6.45, 7) is 3.02. The lowest BCUT2D eigenvalue weighted by Gasteiger charge is -2.18. The molecule has 0 bridgehead atoms. The lowest BCUT2D eigenvalue weighted by Crippen LogP contribution is -2.22. The third-order valence-electron chi connectivity index (χ3n) is 6.11. The summed E-state index contributed by atoms with van der Waals surface area (Å²) >= 11 is 0. The molecule has 2 unspecified atom stereocenters. The van der Waals surface area contributed by atoms with Crippen molar-refractivity contribution >= 4 is 17.8 Å². The number of halogens is 1. The van der Waals surface area contributed by atoms with Crippen molar-refractivity contribution in [2.75, 3.05) is 18.0 Å². The van der Waals surface area contributed by atoms with Crippen LogP contribution in [0, 0.1) is 17.8 Å². The zero-order chi connectivity index (χ0) is 25.9. The Balaban J connectivity index is 0.000000158. The van der Waals surface area contributed by atoms with Gasteiger partial charge in [0.1, 0.15) is 5.82 Å². The fourth-order valence-corrected chi connectivity index (χ4v) is 4.10. The fourth-order valence-electron chi connectivity index (χ4n) is 4.10. The molecule has 1 saturated heterocycles. The van der Waals surface area contributed by atoms with Gasteiger partial charge < -0.3 is 15.1 Å². The number of pyridine rings is 2. The maximum Gasteiger partial charge on any atom is 0.358 e. The Hall–Kier alpha value is -4.75. The number of carboxylic acid groups (broad SMARTS) is 2. The molecule has 1 saturated carbocycles. The Morgan fingerprint density at radius 3 is 1.81 bits per heavy atom. The molecular weight excluding hydrogens is 485 g/mol. The van der Waals surface area contributed by atoms with Crippen LogP contribution < -0.4 is 4.90 Å². The van der Waals surface area contributed by atoms with E-state index >= 15 is 0 Å². The van der Waals surface area contributed by atoms with Crippen LogP contribution in [0.5, 0.6) is 0 Å². The summed E-state index contributed by atoms with van der Waals surface area (Å²) in [5.41, 5.74) is 1.51. The third kappa shape index (κ3) is 5.91. The second-order valence-corrected chi connectivity index (χ2v) is 8.89. The topological polar surface area (TPSA) is 165 Å². The SMILES string of the molecule is O=C(O)c1cn(Cc2ccc(F)nc2)nn1.O=C(O)c1cn(Cc2ccc(N3CC4CC4C3)nc2)nn1. The summed E-state index contributed by atoms with van der Waals surface area (Å²) in [6.07, 6.45) is 7.28. The van der Waals surface area contributed by atoms with Gasteiger partial charge in [-0.05, 0) is 41.5 Å². The second-order valence-electron chi connectivity index (χ2n) is 8.89. The van der Waals surface area contributed by atoms with Gasteiger partial charge in [-0.25, -0.2) is 28.9 Å². The first-order valence-electron chi connectivity index (χ1n) is 11.4. The molecule has 2 aliphatic rings. The van der Waals surface area contributed by atoms with E-state index in [0.717, 1.165) is 36.3 Å². The Kier molecular flexibility index (Phi) is 6.53. The van der Waals surface area contributed by atoms with Gasteiger partial charge in [0, 0.05) is 25.5 Å². The Morgan fingerprint density at radius 1 is 0.838 bits per heavy atom. The smallest absolute Gasteiger partial charge is 0.358 e. The lowest BCUT2D eigenvalue weighted by molar-refractivity contribution is 0.0679. The summed E-state index contributed by atoms with van der Waals surface area (Å²) in [5, 5.41) is 31.9. The van der Waals surface area contributed by atoms with Crippen molar-refractivity contribution in [3.8, 4) is 0 Å². The molecule has 4 aromatic heterocycles. The second kappa shape index (κ2) is 10.1. The van der Waals surface area contributed by atoms with Gasteiger partial charge in [0.15, 0.2) is 11.4 Å². The van der Waals surface area contributed by atoms with Crippen LogP contribution >= 0.6 is 0 Å². The molecular formula is C23H22FN9O4. The van der Waals surface area contributed by atoms with Gasteiger partial charge in [0.25, 0.3) is 0 Å². The van der Waals surface area contributed by atoms with Gasteiger partial charge in [-0.3, -0.25) is 0 Å². The highest BCUT2D eigenvalue weighted by Gasteiger charge is 2.45. The molecule has 13 nitrogen and oxygen atoms in total. The molecule has 0 spiro atoms. The Labute approximate surface area is 209 Å². The van der Waals surface area contributed by atoms with Gasteiger partial charge in [-0.15, -0.1) is 10.2 Å². The molecule has 37 heavy (non-hydrogen) atoms. The van der Waals surface area contributed by atoms with Crippen LogP contribution in [0.3, 0.4) is 0 Å². The van der Waals surface area contributed by atoms with E-state index in [1.165, 1.54) is 40.4 Å². The molecule has 2 atom stereocenters. The zero-order valence-corrected chi connectivity index (χ0v) is 19.4. The maximum absolute atomic E-state index is 12.5. The first kappa shape index (κ1) is 24.0. The number of aromatic carboxylic acids is 2. The molecule has 0 aromatic carbocycles. The van der Waals surface area contributed by atoms with Crippen molar-refractivity contribution in [3.05, 3.63) is 77.5 Å². The molecule has 190 valence electrons. The highest BCUT2D eigenvalue weighted by Crippen LogP contribution is 2.45. The fraction of sp³-hybridized carbons (Fsp3) is 0.304. The maximum atomic E-state index is 12.5. The number of carbonyl (C=O) groups is 2. The van der Waals surface area contributed by atoms with Crippen LogP contribution in [0.4, 0.5) is 10.2 Å². The van der Waals surface area contributed by atoms with E-state index in [9.17, 15) is 14.0 Å². The number of nitrogens with zero attached hydrogens (tertiary/aromatic N) is 9. The summed E-state index contributed by atoms with van der Waals surface area (Å²) in [7, 11) is 0. The molecule has 5 heterocycles. The number of hydrogen-bond acceptors (Lipinski definition) is 9. The van der Waals surface area contributed by atoms with E-state index in [1.807, 2.05) is 18.3 Å². The van der Waals surface area contributed by atoms with E-state index in [2.05, 4.69) is 35.5 Å². The molecule has 2 fully saturated rings. The molecule has 2 N–H and O–H groups in total. The van der Waals surface area contributed by atoms with Crippen molar-refractivity contribution in [1.29, 1.82) is 0 Å². The van der Waals surface area contributed by atoms with Crippen LogP contribution in [-0.4, -0.2) is 75.2 Å². The molecule has 1 aliphatic carbocycles. The van der Waals surface area contributed by atoms with Crippen molar-refractivity contribution in [1.82, 2.24) is 40.0 Å². The van der Waals surface area contributed by atoms with Gasteiger partial charge >= 0.3 is 11.9 Å². The predicted molar refractivity (Wildman–Crippen MR) is 124 cm³/mol. The number of fused-ring (bicyclic) bond motifs is 1. The summed E-state index contributed by atoms with van der Waals surface area (Å²) in [4.78, 5) is 31.6. The standard InChI is InChI=1S/C14H15N5O2.C9H7FN4O2/c20-14(21)12-8-19(17-16-12)5-9-1-2-13(15-4-9)18-6-10-3-11(10)7-18;10-8-2-1-6(3-11-8)4-14-5-7(9(15)16)12-13-14/h1-2,4,8,10-11H,3,5-7H2,(H,20,21);1-3,5H,4H2,(H,15,16). The number of carboxylic acids is 2. The van der Waals surface area contributed by atoms with Crippen molar-refractivity contribution in [2.24, 2.45) is 11.8 Å². The van der Waals surface area contributed by atoms with E-state index < -0.39 is 17.9 Å². The molecule has 4 aromatic rings. The molecule has 1 aliphatic heterocycles. The van der Waals surface area contributed by atoms with Gasteiger partial charge in [-0.2, -0.15) is 4.39 Å². The molecule has 0 amide bonds. The summed E-state index contributed by atoms with van der Waals surface area (Å²) in [5.74, 6) is 0.0299. The molecule has 0 radical (unpaired) electrons. The first-order chi connectivity index (χ1) is 17.8. The van der Waals surface area contributed by atoms with E-state index in [4.69, 9.17) is 10.2 Å². The predicted octanol–water partition coefficient (Wildman–Crippen LogP) is 1.43. The highest BCUT2D eigenvalue weighted by molar-refractivity contribution is 5.85. The van der Waals surface area contributed by atoms with Crippen LogP contribution in [0.2, 0.25) is 0 Å². The van der Waals surface area contributed by atoms with Crippen LogP contribution in [0.15, 0.2) is 49.1 Å². The van der Waals surface area contributed by atoms with Gasteiger partial charge in [-0.1, -0.05) is 22.6 Å². The average molecular weight is 507 g/mol. The van der Waals surface area contributed by atoms with E-state index in [-0.39, 0.29) is 11.4 Å². The van der Waals surface area contributed by atoms with Gasteiger partial charge in [0.2, 0.25) is 5.95 Å². The van der Waals surface area contributed by atoms with Crippen molar-refractivity contribution in [3.63, 3.8) is 0 Å². The zero-order valence-electron chi connectivity index (χ0n) is 19.4. The molecule has 14 heteroatoms. The highest BCUT2D eigenvalue weighted by atomic mass is 19.1. The molecule has 6 rings (SSSR count). The van der Waals surface area contributed by atoms with Gasteiger partial charge in [0.05, 0.1) is 25.5 Å². The quantitative estimate of drug-likeness (QED) is 0.348. The minimum Gasteiger partial charge on any atom is -0.476 e. The van der Waals surface area contributed by atoms with E-state index in [1.54, 1.807) is 6.07 Å². The Bertz CT molecular complexity index is 1390. The largest absolute Gasteiger partial charge is 0.476 e. The summed E-state index contributed by atoms with van der Waals surface area (Å²) in [6, 6.07) is 6.80. The number of anilines is 1. The minimum absolute atomic E-state index is 0.0455. The van der Waals surface area contributed by atoms with E-state index in [0.29, 0.717) is 18.7 Å².